The van der Waals surface area contributed by atoms with Crippen LogP contribution < -0.4 is 9.64 Å². The van der Waals surface area contributed by atoms with E-state index in [1.807, 2.05) is 71.4 Å². The minimum Gasteiger partial charge on any atom is -0.491 e. The maximum atomic E-state index is 12.9. The Morgan fingerprint density at radius 3 is 2.70 bits per heavy atom. The number of aromatic nitrogens is 3. The molecule has 1 saturated heterocycles. The first-order valence-corrected chi connectivity index (χ1v) is 11.6. The number of carbonyl (C=O) groups excluding carboxylic acids is 1. The second kappa shape index (κ2) is 11.2. The van der Waals surface area contributed by atoms with Gasteiger partial charge >= 0.3 is 0 Å². The molecule has 1 aromatic carbocycles. The molecule has 0 aliphatic carbocycles. The number of ether oxygens (including phenoxy) is 1. The Morgan fingerprint density at radius 1 is 1.12 bits per heavy atom. The SMILES string of the molecule is CC(CO)CN1CCN2C(=O)C1CCCOc1ccccc12.c1ccn(Cn2ccnc2)c1. The normalized spacial score (nSPS) is 19.3. The van der Waals surface area contributed by atoms with Gasteiger partial charge in [-0.25, -0.2) is 4.98 Å². The van der Waals surface area contributed by atoms with E-state index in [4.69, 9.17) is 4.74 Å². The fraction of sp³-hybridized carbons (Fsp3) is 0.440. The number of amides is 1. The van der Waals surface area contributed by atoms with Crippen LogP contribution in [-0.2, 0) is 11.5 Å². The number of aliphatic hydroxyl groups is 1. The summed E-state index contributed by atoms with van der Waals surface area (Å²) >= 11 is 0. The quantitative estimate of drug-likeness (QED) is 0.646. The van der Waals surface area contributed by atoms with Gasteiger partial charge in [0.25, 0.3) is 0 Å². The van der Waals surface area contributed by atoms with Gasteiger partial charge in [-0.05, 0) is 43.0 Å². The van der Waals surface area contributed by atoms with Crippen LogP contribution in [0.15, 0.2) is 67.5 Å². The number of nitrogens with zero attached hydrogens (tertiary/aromatic N) is 5. The van der Waals surface area contributed by atoms with Crippen LogP contribution in [-0.4, -0.2) is 68.9 Å². The van der Waals surface area contributed by atoms with E-state index in [2.05, 4.69) is 14.5 Å². The molecular formula is C25H33N5O3. The summed E-state index contributed by atoms with van der Waals surface area (Å²) in [6.45, 7) is 5.94. The molecule has 2 aliphatic rings. The molecule has 1 amide bonds. The van der Waals surface area contributed by atoms with E-state index in [0.717, 1.165) is 44.0 Å². The van der Waals surface area contributed by atoms with Crippen molar-refractivity contribution >= 4 is 11.6 Å². The summed E-state index contributed by atoms with van der Waals surface area (Å²) in [6, 6.07) is 11.7. The summed E-state index contributed by atoms with van der Waals surface area (Å²) < 4.78 is 9.95. The number of piperazine rings is 1. The molecule has 2 bridgehead atoms. The molecular weight excluding hydrogens is 418 g/mol. The number of benzene rings is 1. The summed E-state index contributed by atoms with van der Waals surface area (Å²) in [5.41, 5.74) is 0.884. The van der Waals surface area contributed by atoms with Gasteiger partial charge in [-0.15, -0.1) is 0 Å². The van der Waals surface area contributed by atoms with Crippen LogP contribution in [0.2, 0.25) is 0 Å². The van der Waals surface area contributed by atoms with Gasteiger partial charge in [0.1, 0.15) is 5.75 Å². The summed E-state index contributed by atoms with van der Waals surface area (Å²) in [5.74, 6) is 1.15. The Labute approximate surface area is 195 Å². The lowest BCUT2D eigenvalue weighted by Gasteiger charge is -2.41. The molecule has 2 aromatic heterocycles. The highest BCUT2D eigenvalue weighted by Crippen LogP contribution is 2.33. The molecule has 1 N–H and O–H groups in total. The first-order valence-electron chi connectivity index (χ1n) is 11.6. The number of imidazole rings is 1. The number of anilines is 1. The summed E-state index contributed by atoms with van der Waals surface area (Å²) in [5, 5.41) is 9.29. The fourth-order valence-corrected chi connectivity index (χ4v) is 4.34. The zero-order valence-corrected chi connectivity index (χ0v) is 19.2. The van der Waals surface area contributed by atoms with Crippen LogP contribution in [0.3, 0.4) is 0 Å². The van der Waals surface area contributed by atoms with E-state index in [9.17, 15) is 9.90 Å². The molecule has 5 rings (SSSR count). The molecule has 33 heavy (non-hydrogen) atoms. The van der Waals surface area contributed by atoms with Crippen molar-refractivity contribution in [1.82, 2.24) is 19.0 Å². The van der Waals surface area contributed by atoms with Gasteiger partial charge in [0.2, 0.25) is 5.91 Å². The molecule has 0 spiro atoms. The lowest BCUT2D eigenvalue weighted by Crippen LogP contribution is -2.58. The standard InChI is InChI=1S/C17H24N2O3.C8H9N3/c1-13(12-20)11-18-8-9-19-14-5-2-3-7-16(14)22-10-4-6-15(18)17(19)21;1-2-5-10(4-1)8-11-6-3-9-7-11/h2-3,5,7,13,15,20H,4,6,8-12H2,1H3;1-7H,8H2. The highest BCUT2D eigenvalue weighted by atomic mass is 16.5. The molecule has 2 atom stereocenters. The number of carbonyl (C=O) groups is 1. The molecule has 1 fully saturated rings. The molecule has 2 aliphatic heterocycles. The lowest BCUT2D eigenvalue weighted by molar-refractivity contribution is -0.126. The zero-order chi connectivity index (χ0) is 23.0. The Hall–Kier alpha value is -3.10. The van der Waals surface area contributed by atoms with E-state index in [1.54, 1.807) is 12.5 Å². The molecule has 2 unspecified atom stereocenters. The van der Waals surface area contributed by atoms with Crippen molar-refractivity contribution in [1.29, 1.82) is 0 Å². The van der Waals surface area contributed by atoms with Crippen molar-refractivity contribution in [3.05, 3.63) is 67.5 Å². The topological polar surface area (TPSA) is 75.8 Å². The number of rotatable bonds is 5. The minimum absolute atomic E-state index is 0.0995. The zero-order valence-electron chi connectivity index (χ0n) is 19.2. The molecule has 8 nitrogen and oxygen atoms in total. The molecule has 176 valence electrons. The summed E-state index contributed by atoms with van der Waals surface area (Å²) in [6.07, 6.45) is 11.3. The molecule has 8 heteroatoms. The van der Waals surface area contributed by atoms with Crippen molar-refractivity contribution in [2.45, 2.75) is 32.5 Å². The fourth-order valence-electron chi connectivity index (χ4n) is 4.34. The summed E-state index contributed by atoms with van der Waals surface area (Å²) in [7, 11) is 0. The van der Waals surface area contributed by atoms with Crippen LogP contribution in [0.25, 0.3) is 0 Å². The van der Waals surface area contributed by atoms with E-state index >= 15 is 0 Å². The van der Waals surface area contributed by atoms with E-state index < -0.39 is 0 Å². The first-order chi connectivity index (χ1) is 16.2. The van der Waals surface area contributed by atoms with Crippen molar-refractivity contribution in [2.24, 2.45) is 5.92 Å². The number of hydrogen-bond donors (Lipinski definition) is 1. The van der Waals surface area contributed by atoms with Gasteiger partial charge < -0.3 is 23.9 Å². The highest BCUT2D eigenvalue weighted by molar-refractivity contribution is 5.99. The third-order valence-corrected chi connectivity index (χ3v) is 6.05. The smallest absolute Gasteiger partial charge is 0.244 e. The van der Waals surface area contributed by atoms with Crippen molar-refractivity contribution in [2.75, 3.05) is 37.7 Å². The maximum Gasteiger partial charge on any atom is 0.244 e. The Bertz CT molecular complexity index is 957. The molecule has 4 heterocycles. The summed E-state index contributed by atoms with van der Waals surface area (Å²) in [4.78, 5) is 21.0. The van der Waals surface area contributed by atoms with Crippen LogP contribution in [0.4, 0.5) is 5.69 Å². The predicted octanol–water partition coefficient (Wildman–Crippen LogP) is 2.70. The van der Waals surface area contributed by atoms with Crippen molar-refractivity contribution in [3.8, 4) is 5.75 Å². The van der Waals surface area contributed by atoms with E-state index in [0.29, 0.717) is 13.2 Å². The highest BCUT2D eigenvalue weighted by Gasteiger charge is 2.37. The molecule has 0 saturated carbocycles. The van der Waals surface area contributed by atoms with Gasteiger partial charge in [-0.2, -0.15) is 0 Å². The monoisotopic (exact) mass is 451 g/mol. The Morgan fingerprint density at radius 2 is 1.94 bits per heavy atom. The number of fused-ring (bicyclic) bond motifs is 4. The maximum absolute atomic E-state index is 12.9. The van der Waals surface area contributed by atoms with E-state index in [1.165, 1.54) is 0 Å². The van der Waals surface area contributed by atoms with Crippen LogP contribution in [0.5, 0.6) is 5.75 Å². The van der Waals surface area contributed by atoms with Gasteiger partial charge in [0, 0.05) is 51.0 Å². The van der Waals surface area contributed by atoms with Gasteiger partial charge in [-0.1, -0.05) is 19.1 Å². The number of aliphatic hydroxyl groups excluding tert-OH is 1. The first kappa shape index (κ1) is 23.1. The Kier molecular flexibility index (Phi) is 7.80. The average molecular weight is 452 g/mol. The average Bonchev–Trinajstić information content (AvgIpc) is 3.54. The number of para-hydroxylation sites is 2. The van der Waals surface area contributed by atoms with Crippen LogP contribution >= 0.6 is 0 Å². The van der Waals surface area contributed by atoms with Gasteiger partial charge in [0.15, 0.2) is 0 Å². The third kappa shape index (κ3) is 5.83. The largest absolute Gasteiger partial charge is 0.491 e. The third-order valence-electron chi connectivity index (χ3n) is 6.05. The van der Waals surface area contributed by atoms with Gasteiger partial charge in [0.05, 0.1) is 31.3 Å². The second-order valence-corrected chi connectivity index (χ2v) is 8.66. The van der Waals surface area contributed by atoms with Crippen molar-refractivity contribution in [3.63, 3.8) is 0 Å². The predicted molar refractivity (Wildman–Crippen MR) is 127 cm³/mol. The van der Waals surface area contributed by atoms with Crippen LogP contribution in [0.1, 0.15) is 19.8 Å². The molecule has 3 aromatic rings. The minimum atomic E-state index is -0.0995. The van der Waals surface area contributed by atoms with Gasteiger partial charge in [-0.3, -0.25) is 9.69 Å². The van der Waals surface area contributed by atoms with E-state index in [-0.39, 0.29) is 24.5 Å². The second-order valence-electron chi connectivity index (χ2n) is 8.66. The van der Waals surface area contributed by atoms with Crippen LogP contribution in [0, 0.1) is 5.92 Å². The molecule has 0 radical (unpaired) electrons. The lowest BCUT2D eigenvalue weighted by atomic mass is 10.0. The Balaban J connectivity index is 0.000000196. The number of hydrogen-bond acceptors (Lipinski definition) is 5. The van der Waals surface area contributed by atoms with Crippen molar-refractivity contribution < 1.29 is 14.6 Å².